The number of benzene rings is 2. The van der Waals surface area contributed by atoms with E-state index in [9.17, 15) is 32.7 Å². The molecule has 15 heteroatoms. The molecule has 0 spiro atoms. The average molecular weight is 711 g/mol. The molecule has 0 bridgehead atoms. The quantitative estimate of drug-likeness (QED) is 0.179. The zero-order valence-corrected chi connectivity index (χ0v) is 28.1. The summed E-state index contributed by atoms with van der Waals surface area (Å²) >= 11 is 0. The third-order valence-electron chi connectivity index (χ3n) is 8.78. The van der Waals surface area contributed by atoms with Crippen LogP contribution >= 0.6 is 0 Å². The smallest absolute Gasteiger partial charge is 0.490 e. The van der Waals surface area contributed by atoms with Crippen LogP contribution < -0.4 is 14.4 Å². The van der Waals surface area contributed by atoms with Crippen molar-refractivity contribution in [2.75, 3.05) is 19.8 Å². The van der Waals surface area contributed by atoms with E-state index in [1.807, 2.05) is 32.0 Å². The van der Waals surface area contributed by atoms with Gasteiger partial charge in [-0.2, -0.15) is 13.2 Å². The Labute approximate surface area is 291 Å². The lowest BCUT2D eigenvalue weighted by Crippen LogP contribution is -2.45. The van der Waals surface area contributed by atoms with Crippen molar-refractivity contribution in [1.82, 2.24) is 14.5 Å². The van der Waals surface area contributed by atoms with Gasteiger partial charge in [-0.3, -0.25) is 24.3 Å². The number of halogens is 3. The maximum absolute atomic E-state index is 13.3. The number of imide groups is 1. The second-order valence-corrected chi connectivity index (χ2v) is 12.2. The molecular weight excluding hydrogens is 673 g/mol. The van der Waals surface area contributed by atoms with Crippen LogP contribution in [0.1, 0.15) is 64.1 Å². The Bertz CT molecular complexity index is 1920. The topological polar surface area (TPSA) is 155 Å². The largest absolute Gasteiger partial charge is 0.871 e. The zero-order valence-electron chi connectivity index (χ0n) is 28.1. The summed E-state index contributed by atoms with van der Waals surface area (Å²) in [6.07, 6.45) is -2.77. The number of aryl methyl sites for hydroxylation is 3. The van der Waals surface area contributed by atoms with Crippen LogP contribution in [0.4, 0.5) is 13.2 Å². The number of ketones is 1. The van der Waals surface area contributed by atoms with Crippen molar-refractivity contribution in [3.8, 4) is 11.5 Å². The van der Waals surface area contributed by atoms with Gasteiger partial charge in [0.2, 0.25) is 0 Å². The maximum atomic E-state index is 13.3. The van der Waals surface area contributed by atoms with Gasteiger partial charge in [-0.25, -0.2) is 13.9 Å². The molecule has 0 saturated carbocycles. The molecule has 0 atom stereocenters. The molecule has 4 heterocycles. The van der Waals surface area contributed by atoms with Crippen LogP contribution in [-0.2, 0) is 40.4 Å². The van der Waals surface area contributed by atoms with E-state index in [1.165, 1.54) is 11.0 Å². The van der Waals surface area contributed by atoms with Gasteiger partial charge in [0.05, 0.1) is 24.2 Å². The van der Waals surface area contributed by atoms with Gasteiger partial charge in [-0.05, 0) is 63.4 Å². The molecule has 0 radical (unpaired) electrons. The van der Waals surface area contributed by atoms with E-state index in [4.69, 9.17) is 19.4 Å². The highest BCUT2D eigenvalue weighted by atomic mass is 19.4. The number of carboxylic acids is 1. The van der Waals surface area contributed by atoms with Crippen LogP contribution in [0.2, 0.25) is 0 Å². The number of hydrogen-bond donors (Lipinski definition) is 1. The van der Waals surface area contributed by atoms with Crippen molar-refractivity contribution in [1.29, 1.82) is 0 Å². The summed E-state index contributed by atoms with van der Waals surface area (Å²) in [7, 11) is 0. The molecule has 1 saturated heterocycles. The number of aliphatic carboxylic acids is 1. The highest BCUT2D eigenvalue weighted by molar-refractivity contribution is 6.21. The molecule has 2 aliphatic heterocycles. The molecule has 0 unspecified atom stereocenters. The molecule has 1 fully saturated rings. The molecule has 51 heavy (non-hydrogen) atoms. The predicted molar refractivity (Wildman–Crippen MR) is 173 cm³/mol. The van der Waals surface area contributed by atoms with Crippen molar-refractivity contribution in [2.45, 2.75) is 65.3 Å². The van der Waals surface area contributed by atoms with E-state index >= 15 is 0 Å². The van der Waals surface area contributed by atoms with Crippen LogP contribution in [0.5, 0.6) is 11.5 Å². The standard InChI is InChI=1S/C34H36N4O6.C2HF3O2/c1-3-36-30-18-25(44-21-24(39)9-11-28-31(40)13-8-22(2)35-28)10-12-29(30)37(19-23-14-16-43-17-15-23)32(36)20-38-33(41)26-6-4-5-7-27(26)34(38)42;3-2(4,5)1(6)7/h4-8,10,12-13,18,23H,3,9,11,14-17,19-21H2,1-2H3;(H,6,7). The molecule has 6 rings (SSSR count). The van der Waals surface area contributed by atoms with E-state index in [-0.39, 0.29) is 49.3 Å². The number of hydrogen-bond acceptors (Lipinski definition) is 8. The number of carboxylic acid groups (broad SMARTS) is 1. The molecule has 1 N–H and O–H groups in total. The van der Waals surface area contributed by atoms with Gasteiger partial charge in [-0.15, -0.1) is 0 Å². The number of aromatic nitrogens is 3. The molecular formula is C36H37F3N4O8. The summed E-state index contributed by atoms with van der Waals surface area (Å²) in [5, 5.41) is 19.2. The second kappa shape index (κ2) is 15.7. The average Bonchev–Trinajstić information content (AvgIpc) is 3.53. The van der Waals surface area contributed by atoms with Crippen LogP contribution in [0, 0.1) is 12.8 Å². The number of amides is 2. The Morgan fingerprint density at radius 1 is 1.06 bits per heavy atom. The van der Waals surface area contributed by atoms with E-state index in [0.29, 0.717) is 48.2 Å². The number of imidazole rings is 1. The monoisotopic (exact) mass is 710 g/mol. The number of ether oxygens (including phenoxy) is 2. The highest BCUT2D eigenvalue weighted by Gasteiger charge is 2.39. The second-order valence-electron chi connectivity index (χ2n) is 12.2. The Hall–Kier alpha value is -5.31. The maximum Gasteiger partial charge on any atom is 0.490 e. The molecule has 2 aliphatic rings. The Balaban J connectivity index is 0.000000654. The molecule has 270 valence electrons. The van der Waals surface area contributed by atoms with Crippen molar-refractivity contribution >= 4 is 34.6 Å². The Morgan fingerprint density at radius 2 is 1.71 bits per heavy atom. The van der Waals surface area contributed by atoms with Gasteiger partial charge >= 0.3 is 12.1 Å². The zero-order chi connectivity index (χ0) is 36.9. The lowest BCUT2D eigenvalue weighted by atomic mass is 10.0. The summed E-state index contributed by atoms with van der Waals surface area (Å²) in [5.41, 5.74) is 3.86. The molecule has 2 aromatic heterocycles. The third kappa shape index (κ3) is 8.53. The number of alkyl halides is 3. The van der Waals surface area contributed by atoms with E-state index in [2.05, 4.69) is 14.1 Å². The van der Waals surface area contributed by atoms with Crippen LogP contribution in [-0.4, -0.2) is 69.1 Å². The first-order valence-electron chi connectivity index (χ1n) is 16.4. The lowest BCUT2D eigenvalue weighted by Gasteiger charge is -2.21. The number of fused-ring (bicyclic) bond motifs is 2. The third-order valence-corrected chi connectivity index (χ3v) is 8.78. The first-order chi connectivity index (χ1) is 24.3. The Kier molecular flexibility index (Phi) is 11.4. The number of carbonyl (C=O) groups is 4. The first kappa shape index (κ1) is 37.0. The summed E-state index contributed by atoms with van der Waals surface area (Å²) in [6, 6.07) is 15.8. The van der Waals surface area contributed by atoms with Gasteiger partial charge in [-0.1, -0.05) is 23.9 Å². The Morgan fingerprint density at radius 3 is 2.31 bits per heavy atom. The minimum atomic E-state index is -5.08. The fraction of sp³-hybridized carbons (Fsp3) is 0.389. The summed E-state index contributed by atoms with van der Waals surface area (Å²) in [5.74, 6) is -1.82. The summed E-state index contributed by atoms with van der Waals surface area (Å²) < 4.78 is 47.6. The van der Waals surface area contributed by atoms with Crippen molar-refractivity contribution in [3.63, 3.8) is 0 Å². The minimum Gasteiger partial charge on any atom is -0.871 e. The van der Waals surface area contributed by atoms with Crippen LogP contribution in [0.3, 0.4) is 0 Å². The van der Waals surface area contributed by atoms with Gasteiger partial charge in [0.25, 0.3) is 17.6 Å². The molecule has 2 aromatic carbocycles. The molecule has 12 nitrogen and oxygen atoms in total. The normalized spacial score (nSPS) is 14.7. The van der Waals surface area contributed by atoms with Gasteiger partial charge in [0.15, 0.2) is 16.8 Å². The van der Waals surface area contributed by atoms with Crippen molar-refractivity contribution < 1.29 is 56.6 Å². The number of nitrogens with zero attached hydrogens (tertiary/aromatic N) is 4. The number of pyridine rings is 1. The lowest BCUT2D eigenvalue weighted by molar-refractivity contribution is -0.687. The van der Waals surface area contributed by atoms with Gasteiger partial charge in [0, 0.05) is 43.0 Å². The highest BCUT2D eigenvalue weighted by Crippen LogP contribution is 2.28. The molecule has 4 aromatic rings. The fourth-order valence-corrected chi connectivity index (χ4v) is 6.17. The van der Waals surface area contributed by atoms with Gasteiger partial charge in [0.1, 0.15) is 18.9 Å². The van der Waals surface area contributed by atoms with Gasteiger partial charge < -0.3 is 19.7 Å². The number of rotatable bonds is 11. The van der Waals surface area contributed by atoms with Crippen molar-refractivity contribution in [2.24, 2.45) is 5.92 Å². The summed E-state index contributed by atoms with van der Waals surface area (Å²) in [6.45, 7) is 6.64. The van der Waals surface area contributed by atoms with Crippen molar-refractivity contribution in [3.05, 3.63) is 82.9 Å². The number of Topliss-reactive ketones (excluding diaryl/α,β-unsaturated/α-hetero) is 1. The SMILES string of the molecule is CCn1c(CN2C(=O)c3ccccc3C2=O)[n+](CC2CCOCC2)c2ccc(OCC(=O)CCc3nc(C)ccc3[O-])cc21.O=C(O)C(F)(F)F. The summed E-state index contributed by atoms with van der Waals surface area (Å²) in [4.78, 5) is 53.8. The fourth-order valence-electron chi connectivity index (χ4n) is 6.17. The van der Waals surface area contributed by atoms with Crippen LogP contribution in [0.15, 0.2) is 54.6 Å². The molecule has 0 aliphatic carbocycles. The van der Waals surface area contributed by atoms with E-state index in [0.717, 1.165) is 41.9 Å². The minimum absolute atomic E-state index is 0.123. The molecule has 2 amide bonds. The van der Waals surface area contributed by atoms with Crippen LogP contribution in [0.25, 0.3) is 11.0 Å². The van der Waals surface area contributed by atoms with E-state index in [1.54, 1.807) is 30.3 Å². The number of carbonyl (C=O) groups excluding carboxylic acids is 3. The van der Waals surface area contributed by atoms with E-state index < -0.39 is 12.1 Å². The first-order valence-corrected chi connectivity index (χ1v) is 16.4. The predicted octanol–water partition coefficient (Wildman–Crippen LogP) is 4.16.